The number of halogens is 2. The molecular weight excluding hydrogens is 299 g/mol. The minimum Gasteiger partial charge on any atom is -0.496 e. The van der Waals surface area contributed by atoms with E-state index in [1.807, 2.05) is 4.90 Å². The molecule has 0 bridgehead atoms. The zero-order valence-corrected chi connectivity index (χ0v) is 13.2. The van der Waals surface area contributed by atoms with E-state index in [1.54, 1.807) is 25.3 Å². The maximum absolute atomic E-state index is 12.6. The molecule has 1 aliphatic rings. The molecule has 1 heterocycles. The molecule has 2 rings (SSSR count). The Morgan fingerprint density at radius 3 is 2.80 bits per heavy atom. The fourth-order valence-corrected chi connectivity index (χ4v) is 2.75. The van der Waals surface area contributed by atoms with Crippen molar-refractivity contribution in [2.45, 2.75) is 19.4 Å². The molecule has 0 saturated carbocycles. The van der Waals surface area contributed by atoms with Crippen molar-refractivity contribution < 1.29 is 9.53 Å². The zero-order valence-electron chi connectivity index (χ0n) is 11.6. The van der Waals surface area contributed by atoms with Gasteiger partial charge in [-0.2, -0.15) is 0 Å². The molecule has 2 unspecified atom stereocenters. The van der Waals surface area contributed by atoms with Gasteiger partial charge in [-0.1, -0.05) is 11.6 Å². The molecule has 1 saturated heterocycles. The second-order valence-corrected chi connectivity index (χ2v) is 5.43. The van der Waals surface area contributed by atoms with Crippen LogP contribution in [-0.4, -0.2) is 37.0 Å². The topological polar surface area (TPSA) is 55.6 Å². The third-order valence-corrected chi connectivity index (χ3v) is 3.88. The smallest absolute Gasteiger partial charge is 0.257 e. The average molecular weight is 319 g/mol. The molecule has 1 aliphatic heterocycles. The van der Waals surface area contributed by atoms with Crippen LogP contribution in [0.1, 0.15) is 23.7 Å². The standard InChI is InChI=1S/C14H19ClN2O2.ClH/c1-9-5-10(7-16)8-17(9)14(18)12-4-3-11(15)6-13(12)19-2;/h3-4,6,9-10H,5,7-8,16H2,1-2H3;1H. The van der Waals surface area contributed by atoms with Crippen molar-refractivity contribution in [1.29, 1.82) is 0 Å². The Morgan fingerprint density at radius 1 is 1.55 bits per heavy atom. The lowest BCUT2D eigenvalue weighted by Crippen LogP contribution is -2.34. The highest BCUT2D eigenvalue weighted by Crippen LogP contribution is 2.29. The van der Waals surface area contributed by atoms with E-state index >= 15 is 0 Å². The van der Waals surface area contributed by atoms with E-state index in [-0.39, 0.29) is 24.4 Å². The van der Waals surface area contributed by atoms with Gasteiger partial charge in [0.25, 0.3) is 5.91 Å². The SMILES string of the molecule is COc1cc(Cl)ccc1C(=O)N1CC(CN)CC1C.Cl. The van der Waals surface area contributed by atoms with Gasteiger partial charge in [0.15, 0.2) is 0 Å². The molecule has 1 fully saturated rings. The number of hydrogen-bond acceptors (Lipinski definition) is 3. The maximum Gasteiger partial charge on any atom is 0.257 e. The monoisotopic (exact) mass is 318 g/mol. The lowest BCUT2D eigenvalue weighted by atomic mass is 10.1. The highest BCUT2D eigenvalue weighted by Gasteiger charge is 2.33. The Balaban J connectivity index is 0.00000200. The molecule has 112 valence electrons. The Kier molecular flexibility index (Phi) is 6.11. The molecule has 0 aliphatic carbocycles. The number of benzene rings is 1. The Morgan fingerprint density at radius 2 is 2.25 bits per heavy atom. The number of nitrogens with two attached hydrogens (primary N) is 1. The van der Waals surface area contributed by atoms with Crippen LogP contribution in [0.4, 0.5) is 0 Å². The van der Waals surface area contributed by atoms with Crippen molar-refractivity contribution in [2.24, 2.45) is 11.7 Å². The van der Waals surface area contributed by atoms with Crippen LogP contribution in [0.5, 0.6) is 5.75 Å². The largest absolute Gasteiger partial charge is 0.496 e. The van der Waals surface area contributed by atoms with Crippen LogP contribution >= 0.6 is 24.0 Å². The first kappa shape index (κ1) is 17.1. The average Bonchev–Trinajstić information content (AvgIpc) is 2.79. The summed E-state index contributed by atoms with van der Waals surface area (Å²) in [6.07, 6.45) is 0.956. The van der Waals surface area contributed by atoms with Crippen LogP contribution < -0.4 is 10.5 Å². The lowest BCUT2D eigenvalue weighted by Gasteiger charge is -2.22. The van der Waals surface area contributed by atoms with Crippen LogP contribution in [-0.2, 0) is 0 Å². The van der Waals surface area contributed by atoms with Crippen LogP contribution in [0.2, 0.25) is 5.02 Å². The number of likely N-dealkylation sites (tertiary alicyclic amines) is 1. The fourth-order valence-electron chi connectivity index (χ4n) is 2.59. The van der Waals surface area contributed by atoms with Crippen molar-refractivity contribution in [3.05, 3.63) is 28.8 Å². The third-order valence-electron chi connectivity index (χ3n) is 3.65. The molecule has 1 aromatic carbocycles. The Hall–Kier alpha value is -0.970. The summed E-state index contributed by atoms with van der Waals surface area (Å²) in [4.78, 5) is 14.4. The first-order valence-electron chi connectivity index (χ1n) is 6.41. The zero-order chi connectivity index (χ0) is 14.0. The summed E-state index contributed by atoms with van der Waals surface area (Å²) >= 11 is 5.91. The van der Waals surface area contributed by atoms with Gasteiger partial charge in [0.2, 0.25) is 0 Å². The highest BCUT2D eigenvalue weighted by molar-refractivity contribution is 6.30. The van der Waals surface area contributed by atoms with Crippen molar-refractivity contribution in [2.75, 3.05) is 20.2 Å². The predicted molar refractivity (Wildman–Crippen MR) is 82.9 cm³/mol. The first-order valence-corrected chi connectivity index (χ1v) is 6.79. The fraction of sp³-hybridized carbons (Fsp3) is 0.500. The number of carbonyl (C=O) groups is 1. The van der Waals surface area contributed by atoms with Crippen molar-refractivity contribution >= 4 is 29.9 Å². The van der Waals surface area contributed by atoms with Gasteiger partial charge < -0.3 is 15.4 Å². The van der Waals surface area contributed by atoms with E-state index < -0.39 is 0 Å². The first-order chi connectivity index (χ1) is 9.06. The quantitative estimate of drug-likeness (QED) is 0.932. The van der Waals surface area contributed by atoms with Crippen LogP contribution in [0.15, 0.2) is 18.2 Å². The summed E-state index contributed by atoms with van der Waals surface area (Å²) in [6.45, 7) is 3.38. The van der Waals surface area contributed by atoms with Gasteiger partial charge in [-0.3, -0.25) is 4.79 Å². The summed E-state index contributed by atoms with van der Waals surface area (Å²) in [7, 11) is 1.54. The minimum absolute atomic E-state index is 0. The normalized spacial score (nSPS) is 21.5. The number of rotatable bonds is 3. The van der Waals surface area contributed by atoms with E-state index in [4.69, 9.17) is 22.1 Å². The van der Waals surface area contributed by atoms with Crippen molar-refractivity contribution in [3.63, 3.8) is 0 Å². The summed E-state index contributed by atoms with van der Waals surface area (Å²) < 4.78 is 5.24. The molecule has 6 heteroatoms. The highest BCUT2D eigenvalue weighted by atomic mass is 35.5. The number of hydrogen-bond donors (Lipinski definition) is 1. The molecule has 0 aromatic heterocycles. The second-order valence-electron chi connectivity index (χ2n) is 4.99. The van der Waals surface area contributed by atoms with Gasteiger partial charge in [-0.05, 0) is 44.0 Å². The molecule has 0 spiro atoms. The summed E-state index contributed by atoms with van der Waals surface area (Å²) in [5.74, 6) is 0.884. The van der Waals surface area contributed by atoms with Gasteiger partial charge in [0, 0.05) is 17.6 Å². The Labute approximate surface area is 130 Å². The summed E-state index contributed by atoms with van der Waals surface area (Å²) in [5, 5.41) is 0.558. The second kappa shape index (κ2) is 7.16. The van der Waals surface area contributed by atoms with Gasteiger partial charge in [-0.15, -0.1) is 12.4 Å². The summed E-state index contributed by atoms with van der Waals surface area (Å²) in [5.41, 5.74) is 6.25. The van der Waals surface area contributed by atoms with E-state index in [9.17, 15) is 4.79 Å². The molecule has 2 N–H and O–H groups in total. The van der Waals surface area contributed by atoms with Gasteiger partial charge >= 0.3 is 0 Å². The lowest BCUT2D eigenvalue weighted by molar-refractivity contribution is 0.0740. The maximum atomic E-state index is 12.6. The number of carbonyl (C=O) groups excluding carboxylic acids is 1. The molecule has 1 aromatic rings. The van der Waals surface area contributed by atoms with E-state index in [2.05, 4.69) is 6.92 Å². The van der Waals surface area contributed by atoms with Gasteiger partial charge in [0.1, 0.15) is 5.75 Å². The third kappa shape index (κ3) is 3.37. The van der Waals surface area contributed by atoms with Crippen molar-refractivity contribution in [1.82, 2.24) is 4.90 Å². The van der Waals surface area contributed by atoms with Crippen LogP contribution in [0.25, 0.3) is 0 Å². The molecule has 2 atom stereocenters. The minimum atomic E-state index is -0.0167. The molecule has 0 radical (unpaired) electrons. The van der Waals surface area contributed by atoms with Crippen LogP contribution in [0, 0.1) is 5.92 Å². The van der Waals surface area contributed by atoms with Gasteiger partial charge in [-0.25, -0.2) is 0 Å². The number of amides is 1. The van der Waals surface area contributed by atoms with Crippen LogP contribution in [0.3, 0.4) is 0 Å². The number of methoxy groups -OCH3 is 1. The van der Waals surface area contributed by atoms with Crippen molar-refractivity contribution in [3.8, 4) is 5.75 Å². The molecular formula is C14H20Cl2N2O2. The van der Waals surface area contributed by atoms with E-state index in [0.717, 1.165) is 6.42 Å². The number of ether oxygens (including phenoxy) is 1. The van der Waals surface area contributed by atoms with E-state index in [1.165, 1.54) is 0 Å². The van der Waals surface area contributed by atoms with Gasteiger partial charge in [0.05, 0.1) is 12.7 Å². The Bertz CT molecular complexity index is 482. The molecule has 1 amide bonds. The summed E-state index contributed by atoms with van der Waals surface area (Å²) in [6, 6.07) is 5.29. The van der Waals surface area contributed by atoms with E-state index in [0.29, 0.717) is 35.3 Å². The predicted octanol–water partition coefficient (Wildman–Crippen LogP) is 2.58. The molecule has 4 nitrogen and oxygen atoms in total. The number of nitrogens with zero attached hydrogens (tertiary/aromatic N) is 1. The molecule has 20 heavy (non-hydrogen) atoms.